The van der Waals surface area contributed by atoms with E-state index in [4.69, 9.17) is 10.2 Å². The largest absolute Gasteiger partial charge is 0.478 e. The molecule has 0 fully saturated rings. The molecule has 0 spiro atoms. The van der Waals surface area contributed by atoms with Crippen LogP contribution in [-0.4, -0.2) is 22.3 Å². The van der Waals surface area contributed by atoms with Gasteiger partial charge in [-0.25, -0.2) is 4.79 Å². The highest BCUT2D eigenvalue weighted by atomic mass is 16.4. The second kappa shape index (κ2) is 4.91. The van der Waals surface area contributed by atoms with Crippen LogP contribution in [0.4, 0.5) is 0 Å². The molecule has 3 nitrogen and oxygen atoms in total. The monoisotopic (exact) mass is 158 g/mol. The molecule has 3 heteroatoms. The smallest absolute Gasteiger partial charge is 0.330 e. The Balaban J connectivity index is 3.40. The highest BCUT2D eigenvalue weighted by molar-refractivity contribution is 5.85. The number of carboxylic acid groups (broad SMARTS) is 1. The molecule has 0 rings (SSSR count). The van der Waals surface area contributed by atoms with Gasteiger partial charge in [0.15, 0.2) is 0 Å². The third kappa shape index (κ3) is 5.61. The molecule has 2 N–H and O–H groups in total. The Morgan fingerprint density at radius 3 is 2.55 bits per heavy atom. The van der Waals surface area contributed by atoms with Crippen molar-refractivity contribution in [3.8, 4) is 0 Å². The Morgan fingerprint density at radius 2 is 2.18 bits per heavy atom. The predicted octanol–water partition coefficient (Wildman–Crippen LogP) is 1.18. The molecule has 0 unspecified atom stereocenters. The molecule has 0 aromatic rings. The van der Waals surface area contributed by atoms with Crippen LogP contribution in [0.2, 0.25) is 0 Å². The maximum absolute atomic E-state index is 10.2. The number of aliphatic hydroxyl groups excluding tert-OH is 1. The summed E-state index contributed by atoms with van der Waals surface area (Å²) in [5.41, 5.74) is 0.214. The number of aliphatic hydroxyl groups is 1. The van der Waals surface area contributed by atoms with Crippen molar-refractivity contribution in [3.05, 3.63) is 12.2 Å². The Morgan fingerprint density at radius 1 is 1.64 bits per heavy atom. The second-order valence-electron chi connectivity index (χ2n) is 2.65. The van der Waals surface area contributed by atoms with Crippen LogP contribution in [0.5, 0.6) is 0 Å². The zero-order valence-corrected chi connectivity index (χ0v) is 6.71. The molecule has 0 amide bonds. The van der Waals surface area contributed by atoms with Gasteiger partial charge in [-0.2, -0.15) is 0 Å². The number of carboxylic acids is 1. The summed E-state index contributed by atoms with van der Waals surface area (Å²) in [5, 5.41) is 17.2. The van der Waals surface area contributed by atoms with Crippen molar-refractivity contribution < 1.29 is 15.0 Å². The molecule has 11 heavy (non-hydrogen) atoms. The van der Waals surface area contributed by atoms with Gasteiger partial charge >= 0.3 is 5.97 Å². The first-order valence-corrected chi connectivity index (χ1v) is 3.63. The first-order chi connectivity index (χ1) is 5.04. The van der Waals surface area contributed by atoms with Crippen LogP contribution in [0.1, 0.15) is 26.2 Å². The fourth-order valence-electron chi connectivity index (χ4n) is 0.718. The number of hydrogen-bond acceptors (Lipinski definition) is 2. The molecule has 0 saturated heterocycles. The summed E-state index contributed by atoms with van der Waals surface area (Å²) in [6.45, 7) is 5.05. The molecule has 0 aliphatic carbocycles. The fraction of sp³-hybridized carbons (Fsp3) is 0.625. The Hall–Kier alpha value is -0.830. The minimum Gasteiger partial charge on any atom is -0.478 e. The fourth-order valence-corrected chi connectivity index (χ4v) is 0.718. The number of aliphatic carboxylic acids is 1. The molecule has 0 aliphatic rings. The van der Waals surface area contributed by atoms with E-state index in [2.05, 4.69) is 6.58 Å². The molecule has 0 saturated carbocycles. The van der Waals surface area contributed by atoms with Crippen LogP contribution in [0, 0.1) is 0 Å². The van der Waals surface area contributed by atoms with E-state index in [-0.39, 0.29) is 11.7 Å². The van der Waals surface area contributed by atoms with Crippen LogP contribution >= 0.6 is 0 Å². The van der Waals surface area contributed by atoms with E-state index >= 15 is 0 Å². The Labute approximate surface area is 66.4 Å². The summed E-state index contributed by atoms with van der Waals surface area (Å²) in [7, 11) is 0. The summed E-state index contributed by atoms with van der Waals surface area (Å²) < 4.78 is 0. The van der Waals surface area contributed by atoms with Crippen LogP contribution in [-0.2, 0) is 4.79 Å². The quantitative estimate of drug-likeness (QED) is 0.590. The van der Waals surface area contributed by atoms with Gasteiger partial charge in [0.2, 0.25) is 0 Å². The summed E-state index contributed by atoms with van der Waals surface area (Å²) >= 11 is 0. The van der Waals surface area contributed by atoms with Gasteiger partial charge in [0.05, 0.1) is 6.10 Å². The highest BCUT2D eigenvalue weighted by Gasteiger charge is 2.03. The second-order valence-corrected chi connectivity index (χ2v) is 2.65. The van der Waals surface area contributed by atoms with Crippen molar-refractivity contribution in [2.45, 2.75) is 32.3 Å². The summed E-state index contributed by atoms with van der Waals surface area (Å²) in [4.78, 5) is 10.2. The van der Waals surface area contributed by atoms with Gasteiger partial charge in [-0.3, -0.25) is 0 Å². The van der Waals surface area contributed by atoms with E-state index in [1.807, 2.05) is 0 Å². The third-order valence-electron chi connectivity index (χ3n) is 1.40. The lowest BCUT2D eigenvalue weighted by Crippen LogP contribution is -2.02. The van der Waals surface area contributed by atoms with Gasteiger partial charge in [-0.05, 0) is 26.2 Å². The van der Waals surface area contributed by atoms with Gasteiger partial charge in [-0.1, -0.05) is 6.58 Å². The summed E-state index contributed by atoms with van der Waals surface area (Å²) in [6, 6.07) is 0. The Bertz CT molecular complexity index is 149. The van der Waals surface area contributed by atoms with E-state index < -0.39 is 5.97 Å². The molecule has 0 aliphatic heterocycles. The van der Waals surface area contributed by atoms with E-state index in [1.54, 1.807) is 6.92 Å². The maximum Gasteiger partial charge on any atom is 0.330 e. The Kier molecular flexibility index (Phi) is 4.54. The predicted molar refractivity (Wildman–Crippen MR) is 42.3 cm³/mol. The number of rotatable bonds is 5. The number of carbonyl (C=O) groups is 1. The van der Waals surface area contributed by atoms with E-state index in [0.717, 1.165) is 0 Å². The van der Waals surface area contributed by atoms with Gasteiger partial charge < -0.3 is 10.2 Å². The maximum atomic E-state index is 10.2. The van der Waals surface area contributed by atoms with Crippen LogP contribution in [0.3, 0.4) is 0 Å². The van der Waals surface area contributed by atoms with Crippen molar-refractivity contribution >= 4 is 5.97 Å². The van der Waals surface area contributed by atoms with Gasteiger partial charge in [0, 0.05) is 5.57 Å². The summed E-state index contributed by atoms with van der Waals surface area (Å²) in [6.07, 6.45) is 1.42. The van der Waals surface area contributed by atoms with Crippen LogP contribution in [0.15, 0.2) is 12.2 Å². The lowest BCUT2D eigenvalue weighted by Gasteiger charge is -2.02. The minimum absolute atomic E-state index is 0.214. The molecule has 0 bridgehead atoms. The van der Waals surface area contributed by atoms with Gasteiger partial charge in [-0.15, -0.1) is 0 Å². The SMILES string of the molecule is C=C(CCC[C@@H](C)O)C(=O)O. The first kappa shape index (κ1) is 10.2. The van der Waals surface area contributed by atoms with E-state index in [9.17, 15) is 4.79 Å². The molecule has 64 valence electrons. The molecular weight excluding hydrogens is 144 g/mol. The van der Waals surface area contributed by atoms with Crippen LogP contribution in [0.25, 0.3) is 0 Å². The average molecular weight is 158 g/mol. The van der Waals surface area contributed by atoms with Crippen molar-refractivity contribution in [2.75, 3.05) is 0 Å². The molecule has 0 aromatic carbocycles. The average Bonchev–Trinajstić information content (AvgIpc) is 1.86. The van der Waals surface area contributed by atoms with Crippen molar-refractivity contribution in [1.29, 1.82) is 0 Å². The van der Waals surface area contributed by atoms with Crippen molar-refractivity contribution in [1.82, 2.24) is 0 Å². The first-order valence-electron chi connectivity index (χ1n) is 3.63. The standard InChI is InChI=1S/C8H14O3/c1-6(8(10)11)4-3-5-7(2)9/h7,9H,1,3-5H2,2H3,(H,10,11)/t7-/m1/s1. The van der Waals surface area contributed by atoms with Crippen molar-refractivity contribution in [2.24, 2.45) is 0 Å². The van der Waals surface area contributed by atoms with Crippen molar-refractivity contribution in [3.63, 3.8) is 0 Å². The molecule has 1 atom stereocenters. The van der Waals surface area contributed by atoms with E-state index in [1.165, 1.54) is 0 Å². The molecule has 0 aromatic heterocycles. The van der Waals surface area contributed by atoms with E-state index in [0.29, 0.717) is 19.3 Å². The lowest BCUT2D eigenvalue weighted by molar-refractivity contribution is -0.132. The highest BCUT2D eigenvalue weighted by Crippen LogP contribution is 2.06. The summed E-state index contributed by atoms with van der Waals surface area (Å²) in [5.74, 6) is -0.949. The van der Waals surface area contributed by atoms with Gasteiger partial charge in [0.1, 0.15) is 0 Å². The molecule has 0 heterocycles. The van der Waals surface area contributed by atoms with Crippen LogP contribution < -0.4 is 0 Å². The zero-order valence-electron chi connectivity index (χ0n) is 6.71. The lowest BCUT2D eigenvalue weighted by atomic mass is 10.1. The third-order valence-corrected chi connectivity index (χ3v) is 1.40. The van der Waals surface area contributed by atoms with Gasteiger partial charge in [0.25, 0.3) is 0 Å². The zero-order chi connectivity index (χ0) is 8.85. The molecular formula is C8H14O3. The minimum atomic E-state index is -0.949. The molecule has 0 radical (unpaired) electrons. The normalized spacial score (nSPS) is 12.5. The topological polar surface area (TPSA) is 57.5 Å². The number of hydrogen-bond donors (Lipinski definition) is 2.